The number of piperidine rings is 1. The normalized spacial score (nSPS) is 18.2. The van der Waals surface area contributed by atoms with Crippen molar-refractivity contribution in [2.24, 2.45) is 5.41 Å². The van der Waals surface area contributed by atoms with Crippen LogP contribution >= 0.6 is 0 Å². The highest BCUT2D eigenvalue weighted by Crippen LogP contribution is 2.28. The second-order valence-corrected chi connectivity index (χ2v) is 6.90. The van der Waals surface area contributed by atoms with E-state index in [4.69, 9.17) is 4.84 Å². The second-order valence-electron chi connectivity index (χ2n) is 6.90. The zero-order chi connectivity index (χ0) is 17.3. The Labute approximate surface area is 133 Å². The number of carbonyl (C=O) groups excluding carboxylic acids is 1. The van der Waals surface area contributed by atoms with Gasteiger partial charge in [0.2, 0.25) is 0 Å². The van der Waals surface area contributed by atoms with Gasteiger partial charge in [-0.15, -0.1) is 5.06 Å². The van der Waals surface area contributed by atoms with E-state index in [1.165, 1.54) is 6.20 Å². The molecule has 0 amide bonds. The number of carbonyl (C=O) groups is 1. The van der Waals surface area contributed by atoms with Crippen LogP contribution in [0.25, 0.3) is 0 Å². The van der Waals surface area contributed by atoms with Crippen LogP contribution in [0.2, 0.25) is 0 Å². The van der Waals surface area contributed by atoms with Crippen LogP contribution in [0.15, 0.2) is 6.20 Å². The first-order chi connectivity index (χ1) is 10.5. The number of aromatic amines is 1. The van der Waals surface area contributed by atoms with Gasteiger partial charge in [0.05, 0.1) is 17.5 Å². The van der Waals surface area contributed by atoms with Gasteiger partial charge in [-0.05, 0) is 33.6 Å². The Morgan fingerprint density at radius 1 is 1.35 bits per heavy atom. The number of aromatic nitrogens is 2. The van der Waals surface area contributed by atoms with Crippen molar-refractivity contribution in [1.82, 2.24) is 15.0 Å². The fourth-order valence-electron chi connectivity index (χ4n) is 2.36. The van der Waals surface area contributed by atoms with Crippen molar-refractivity contribution < 1.29 is 22.8 Å². The third-order valence-corrected chi connectivity index (χ3v) is 3.70. The van der Waals surface area contributed by atoms with Crippen LogP contribution in [0.5, 0.6) is 0 Å². The Morgan fingerprint density at radius 2 is 1.96 bits per heavy atom. The lowest BCUT2D eigenvalue weighted by molar-refractivity contribution is -0.204. The molecular formula is C15H22F3N3O2. The van der Waals surface area contributed by atoms with Crippen LogP contribution in [0, 0.1) is 5.41 Å². The van der Waals surface area contributed by atoms with E-state index in [1.54, 1.807) is 25.8 Å². The van der Waals surface area contributed by atoms with E-state index in [0.29, 0.717) is 31.8 Å². The third-order valence-electron chi connectivity index (χ3n) is 3.70. The summed E-state index contributed by atoms with van der Waals surface area (Å²) < 4.78 is 37.1. The van der Waals surface area contributed by atoms with Crippen molar-refractivity contribution in [3.63, 3.8) is 0 Å². The van der Waals surface area contributed by atoms with E-state index >= 15 is 0 Å². The van der Waals surface area contributed by atoms with Gasteiger partial charge >= 0.3 is 12.1 Å². The summed E-state index contributed by atoms with van der Waals surface area (Å²) in [6, 6.07) is 0. The van der Waals surface area contributed by atoms with Crippen molar-refractivity contribution in [2.75, 3.05) is 13.1 Å². The molecule has 1 fully saturated rings. The van der Waals surface area contributed by atoms with Gasteiger partial charge in [-0.25, -0.2) is 9.78 Å². The molecule has 0 atom stereocenters. The number of halogens is 3. The SMILES string of the molecule is CC(C)(C)C(=O)ON1CCC(c2nc(CC(F)(F)F)c[nH]2)CC1. The van der Waals surface area contributed by atoms with Gasteiger partial charge in [0.25, 0.3) is 0 Å². The predicted molar refractivity (Wildman–Crippen MR) is 77.4 cm³/mol. The minimum Gasteiger partial charge on any atom is -0.367 e. The van der Waals surface area contributed by atoms with Crippen molar-refractivity contribution in [3.8, 4) is 0 Å². The summed E-state index contributed by atoms with van der Waals surface area (Å²) in [5, 5.41) is 1.61. The van der Waals surface area contributed by atoms with Crippen LogP contribution in [0.3, 0.4) is 0 Å². The lowest BCUT2D eigenvalue weighted by Crippen LogP contribution is -2.38. The molecule has 1 aromatic rings. The molecule has 2 rings (SSSR count). The molecule has 1 aromatic heterocycles. The molecule has 23 heavy (non-hydrogen) atoms. The highest BCUT2D eigenvalue weighted by molar-refractivity contribution is 5.75. The van der Waals surface area contributed by atoms with Crippen LogP contribution < -0.4 is 0 Å². The van der Waals surface area contributed by atoms with E-state index in [-0.39, 0.29) is 17.6 Å². The van der Waals surface area contributed by atoms with Crippen LogP contribution in [0.1, 0.15) is 51.0 Å². The predicted octanol–water partition coefficient (Wildman–Crippen LogP) is 3.20. The molecule has 0 aliphatic carbocycles. The molecule has 0 saturated carbocycles. The average molecular weight is 333 g/mol. The number of imidazole rings is 1. The van der Waals surface area contributed by atoms with Gasteiger partial charge in [0.1, 0.15) is 5.82 Å². The molecular weight excluding hydrogens is 311 g/mol. The summed E-state index contributed by atoms with van der Waals surface area (Å²) in [5.74, 6) is 0.342. The number of hydroxylamine groups is 2. The molecule has 5 nitrogen and oxygen atoms in total. The summed E-state index contributed by atoms with van der Waals surface area (Å²) in [4.78, 5) is 24.0. The quantitative estimate of drug-likeness (QED) is 0.923. The number of nitrogens with zero attached hydrogens (tertiary/aromatic N) is 2. The molecule has 0 bridgehead atoms. The summed E-state index contributed by atoms with van der Waals surface area (Å²) in [6.45, 7) is 6.44. The van der Waals surface area contributed by atoms with Crippen molar-refractivity contribution in [1.29, 1.82) is 0 Å². The molecule has 2 heterocycles. The highest BCUT2D eigenvalue weighted by atomic mass is 19.4. The van der Waals surface area contributed by atoms with E-state index in [0.717, 1.165) is 0 Å². The first-order valence-electron chi connectivity index (χ1n) is 7.63. The maximum absolute atomic E-state index is 12.4. The van der Waals surface area contributed by atoms with E-state index in [9.17, 15) is 18.0 Å². The molecule has 1 N–H and O–H groups in total. The van der Waals surface area contributed by atoms with Crippen LogP contribution in [0.4, 0.5) is 13.2 Å². The Hall–Kier alpha value is -1.57. The molecule has 8 heteroatoms. The number of hydrogen-bond acceptors (Lipinski definition) is 4. The van der Waals surface area contributed by atoms with E-state index in [2.05, 4.69) is 9.97 Å². The zero-order valence-electron chi connectivity index (χ0n) is 13.5. The van der Waals surface area contributed by atoms with E-state index in [1.807, 2.05) is 0 Å². The Balaban J connectivity index is 1.86. The minimum absolute atomic E-state index is 0.00842. The fraction of sp³-hybridized carbons (Fsp3) is 0.733. The molecule has 130 valence electrons. The number of H-pyrrole nitrogens is 1. The maximum atomic E-state index is 12.4. The van der Waals surface area contributed by atoms with Gasteiger partial charge < -0.3 is 9.82 Å². The summed E-state index contributed by atoms with van der Waals surface area (Å²) in [5.41, 5.74) is -0.557. The van der Waals surface area contributed by atoms with Gasteiger partial charge in [0.15, 0.2) is 0 Å². The smallest absolute Gasteiger partial charge is 0.367 e. The number of rotatable bonds is 3. The lowest BCUT2D eigenvalue weighted by atomic mass is 9.96. The minimum atomic E-state index is -4.25. The van der Waals surface area contributed by atoms with Crippen molar-refractivity contribution in [3.05, 3.63) is 17.7 Å². The van der Waals surface area contributed by atoms with Crippen molar-refractivity contribution >= 4 is 5.97 Å². The Kier molecular flexibility index (Phi) is 5.03. The van der Waals surface area contributed by atoms with Gasteiger partial charge in [-0.1, -0.05) is 0 Å². The molecule has 0 aromatic carbocycles. The first-order valence-corrected chi connectivity index (χ1v) is 7.63. The standard InChI is InChI=1S/C15H22F3N3O2/c1-14(2,3)13(22)23-21-6-4-10(5-7-21)12-19-9-11(20-12)8-15(16,17)18/h9-10H,4-8H2,1-3H3,(H,19,20). The largest absolute Gasteiger partial charge is 0.394 e. The molecule has 0 spiro atoms. The van der Waals surface area contributed by atoms with Gasteiger partial charge in [0, 0.05) is 25.2 Å². The second kappa shape index (κ2) is 6.51. The van der Waals surface area contributed by atoms with Crippen LogP contribution in [-0.4, -0.2) is 40.3 Å². The fourth-order valence-corrected chi connectivity index (χ4v) is 2.36. The van der Waals surface area contributed by atoms with Crippen molar-refractivity contribution in [2.45, 2.75) is 52.1 Å². The monoisotopic (exact) mass is 333 g/mol. The molecule has 0 radical (unpaired) electrons. The number of alkyl halides is 3. The summed E-state index contributed by atoms with van der Waals surface area (Å²) >= 11 is 0. The number of hydrogen-bond donors (Lipinski definition) is 1. The third kappa shape index (κ3) is 5.23. The summed E-state index contributed by atoms with van der Waals surface area (Å²) in [7, 11) is 0. The van der Waals surface area contributed by atoms with Gasteiger partial charge in [-0.2, -0.15) is 13.2 Å². The van der Waals surface area contributed by atoms with E-state index < -0.39 is 18.0 Å². The van der Waals surface area contributed by atoms with Crippen LogP contribution in [-0.2, 0) is 16.1 Å². The topological polar surface area (TPSA) is 58.2 Å². The molecule has 0 unspecified atom stereocenters. The average Bonchev–Trinajstić information content (AvgIpc) is 2.84. The highest BCUT2D eigenvalue weighted by Gasteiger charge is 2.31. The molecule has 1 saturated heterocycles. The number of nitrogens with one attached hydrogen (secondary N) is 1. The summed E-state index contributed by atoms with van der Waals surface area (Å²) in [6.07, 6.45) is -2.61. The Bertz CT molecular complexity index is 541. The zero-order valence-corrected chi connectivity index (χ0v) is 13.5. The molecule has 1 aliphatic rings. The Morgan fingerprint density at radius 3 is 2.48 bits per heavy atom. The maximum Gasteiger partial charge on any atom is 0.394 e. The first kappa shape index (κ1) is 17.8. The van der Waals surface area contributed by atoms with Gasteiger partial charge in [-0.3, -0.25) is 0 Å². The molecule has 1 aliphatic heterocycles. The lowest BCUT2D eigenvalue weighted by Gasteiger charge is -2.31.